The molecule has 0 aliphatic carbocycles. The molecule has 0 bridgehead atoms. The molecule has 0 fully saturated rings. The zero-order valence-corrected chi connectivity index (χ0v) is 9.08. The first-order chi connectivity index (χ1) is 7.78. The Morgan fingerprint density at radius 1 is 1.38 bits per heavy atom. The van der Waals surface area contributed by atoms with Crippen molar-refractivity contribution in [1.29, 1.82) is 0 Å². The van der Waals surface area contributed by atoms with E-state index in [4.69, 9.17) is 4.74 Å². The summed E-state index contributed by atoms with van der Waals surface area (Å²) in [5.74, 6) is 1.91. The lowest BCUT2D eigenvalue weighted by molar-refractivity contribution is 0.397. The highest BCUT2D eigenvalue weighted by Crippen LogP contribution is 2.10. The maximum Gasteiger partial charge on any atom is 0.218 e. The van der Waals surface area contributed by atoms with Gasteiger partial charge in [0.1, 0.15) is 18.5 Å². The number of nitrogens with one attached hydrogen (secondary N) is 1. The molecular formula is C9H12N6O. The molecule has 0 saturated carbocycles. The zero-order chi connectivity index (χ0) is 11.4. The lowest BCUT2D eigenvalue weighted by Crippen LogP contribution is -2.04. The molecule has 0 aliphatic heterocycles. The van der Waals surface area contributed by atoms with Crippen molar-refractivity contribution in [3.8, 4) is 5.88 Å². The van der Waals surface area contributed by atoms with E-state index in [0.717, 1.165) is 0 Å². The number of rotatable bonds is 4. The summed E-state index contributed by atoms with van der Waals surface area (Å²) in [6.45, 7) is 0.515. The van der Waals surface area contributed by atoms with Crippen LogP contribution in [0.1, 0.15) is 5.82 Å². The van der Waals surface area contributed by atoms with Gasteiger partial charge < -0.3 is 10.1 Å². The first-order valence-electron chi connectivity index (χ1n) is 4.72. The maximum absolute atomic E-state index is 4.98. The second-order valence-corrected chi connectivity index (χ2v) is 3.13. The third-order valence-corrected chi connectivity index (χ3v) is 1.93. The molecule has 0 amide bonds. The van der Waals surface area contributed by atoms with Crippen molar-refractivity contribution >= 4 is 5.82 Å². The molecule has 2 aromatic rings. The van der Waals surface area contributed by atoms with Crippen molar-refractivity contribution in [1.82, 2.24) is 24.7 Å². The number of nitrogens with zero attached hydrogens (tertiary/aromatic N) is 5. The van der Waals surface area contributed by atoms with E-state index in [1.807, 2.05) is 7.05 Å². The van der Waals surface area contributed by atoms with E-state index < -0.39 is 0 Å². The van der Waals surface area contributed by atoms with Gasteiger partial charge >= 0.3 is 0 Å². The lowest BCUT2D eigenvalue weighted by Gasteiger charge is -2.03. The van der Waals surface area contributed by atoms with Crippen LogP contribution in [0.15, 0.2) is 18.7 Å². The molecule has 0 radical (unpaired) electrons. The van der Waals surface area contributed by atoms with Crippen LogP contribution in [0.25, 0.3) is 0 Å². The van der Waals surface area contributed by atoms with Crippen LogP contribution < -0.4 is 10.1 Å². The van der Waals surface area contributed by atoms with E-state index in [2.05, 4.69) is 25.4 Å². The first-order valence-corrected chi connectivity index (χ1v) is 4.72. The van der Waals surface area contributed by atoms with Crippen molar-refractivity contribution in [2.45, 2.75) is 6.54 Å². The number of methoxy groups -OCH3 is 1. The molecule has 2 heterocycles. The van der Waals surface area contributed by atoms with Gasteiger partial charge in [-0.3, -0.25) is 4.68 Å². The minimum absolute atomic E-state index is 0.515. The van der Waals surface area contributed by atoms with E-state index in [0.29, 0.717) is 24.1 Å². The largest absolute Gasteiger partial charge is 0.481 e. The molecule has 0 saturated heterocycles. The van der Waals surface area contributed by atoms with Gasteiger partial charge in [0, 0.05) is 13.1 Å². The molecule has 2 rings (SSSR count). The Bertz CT molecular complexity index is 469. The number of anilines is 1. The molecule has 0 aromatic carbocycles. The van der Waals surface area contributed by atoms with Crippen LogP contribution in [0.3, 0.4) is 0 Å². The quantitative estimate of drug-likeness (QED) is 0.794. The Morgan fingerprint density at radius 2 is 2.25 bits per heavy atom. The Hall–Kier alpha value is -2.18. The van der Waals surface area contributed by atoms with Crippen LogP contribution in [0.5, 0.6) is 5.88 Å². The Labute approximate surface area is 92.5 Å². The number of aryl methyl sites for hydroxylation is 1. The van der Waals surface area contributed by atoms with Gasteiger partial charge in [-0.15, -0.1) is 0 Å². The number of ether oxygens (including phenoxy) is 1. The normalized spacial score (nSPS) is 10.1. The maximum atomic E-state index is 4.98. The van der Waals surface area contributed by atoms with Gasteiger partial charge in [-0.25, -0.2) is 15.0 Å². The molecule has 16 heavy (non-hydrogen) atoms. The molecule has 1 N–H and O–H groups in total. The van der Waals surface area contributed by atoms with Gasteiger partial charge in [-0.1, -0.05) is 0 Å². The second kappa shape index (κ2) is 4.56. The van der Waals surface area contributed by atoms with Crippen LogP contribution >= 0.6 is 0 Å². The second-order valence-electron chi connectivity index (χ2n) is 3.13. The molecule has 2 aromatic heterocycles. The smallest absolute Gasteiger partial charge is 0.218 e. The standard InChI is InChI=1S/C9H12N6O/c1-15-6-13-8(14-15)4-10-7-3-9(16-2)12-5-11-7/h3,5-6H,4H2,1-2H3,(H,10,11,12). The fourth-order valence-corrected chi connectivity index (χ4v) is 1.18. The number of hydrogen-bond acceptors (Lipinski definition) is 6. The summed E-state index contributed by atoms with van der Waals surface area (Å²) in [7, 11) is 3.39. The van der Waals surface area contributed by atoms with Crippen LogP contribution in [-0.4, -0.2) is 31.8 Å². The molecule has 0 aliphatic rings. The van der Waals surface area contributed by atoms with Crippen molar-refractivity contribution in [2.75, 3.05) is 12.4 Å². The van der Waals surface area contributed by atoms with Gasteiger partial charge in [0.05, 0.1) is 13.7 Å². The van der Waals surface area contributed by atoms with E-state index in [1.165, 1.54) is 6.33 Å². The Kier molecular flexibility index (Phi) is 2.95. The average molecular weight is 220 g/mol. The monoisotopic (exact) mass is 220 g/mol. The number of hydrogen-bond donors (Lipinski definition) is 1. The van der Waals surface area contributed by atoms with Crippen LogP contribution in [0.2, 0.25) is 0 Å². The van der Waals surface area contributed by atoms with Crippen molar-refractivity contribution < 1.29 is 4.74 Å². The van der Waals surface area contributed by atoms with Crippen molar-refractivity contribution in [3.63, 3.8) is 0 Å². The summed E-state index contributed by atoms with van der Waals surface area (Å²) in [4.78, 5) is 12.0. The summed E-state index contributed by atoms with van der Waals surface area (Å²) < 4.78 is 6.63. The highest BCUT2D eigenvalue weighted by molar-refractivity contribution is 5.36. The molecule has 7 heteroatoms. The fourth-order valence-electron chi connectivity index (χ4n) is 1.18. The van der Waals surface area contributed by atoms with Gasteiger partial charge in [-0.2, -0.15) is 5.10 Å². The highest BCUT2D eigenvalue weighted by Gasteiger charge is 2.01. The van der Waals surface area contributed by atoms with Crippen molar-refractivity contribution in [2.24, 2.45) is 7.05 Å². The summed E-state index contributed by atoms with van der Waals surface area (Å²) in [6, 6.07) is 1.71. The minimum atomic E-state index is 0.515. The molecule has 7 nitrogen and oxygen atoms in total. The third kappa shape index (κ3) is 2.44. The molecule has 0 unspecified atom stereocenters. The zero-order valence-electron chi connectivity index (χ0n) is 9.08. The summed E-state index contributed by atoms with van der Waals surface area (Å²) in [5, 5.41) is 7.22. The molecule has 84 valence electrons. The van der Waals surface area contributed by atoms with Gasteiger partial charge in [0.25, 0.3) is 0 Å². The predicted octanol–water partition coefficient (Wildman–Crippen LogP) is 0.226. The van der Waals surface area contributed by atoms with E-state index in [1.54, 1.807) is 24.2 Å². The summed E-state index contributed by atoms with van der Waals surface area (Å²) in [5.41, 5.74) is 0. The van der Waals surface area contributed by atoms with E-state index in [-0.39, 0.29) is 0 Å². The van der Waals surface area contributed by atoms with E-state index in [9.17, 15) is 0 Å². The Morgan fingerprint density at radius 3 is 2.94 bits per heavy atom. The van der Waals surface area contributed by atoms with Gasteiger partial charge in [0.15, 0.2) is 5.82 Å². The molecule has 0 atom stereocenters. The average Bonchev–Trinajstić information content (AvgIpc) is 2.73. The molecule has 0 spiro atoms. The topological polar surface area (TPSA) is 77.8 Å². The van der Waals surface area contributed by atoms with Crippen LogP contribution in [0.4, 0.5) is 5.82 Å². The SMILES string of the molecule is COc1cc(NCc2ncn(C)n2)ncn1. The summed E-state index contributed by atoms with van der Waals surface area (Å²) >= 11 is 0. The van der Waals surface area contributed by atoms with Gasteiger partial charge in [-0.05, 0) is 0 Å². The van der Waals surface area contributed by atoms with Crippen LogP contribution in [-0.2, 0) is 13.6 Å². The minimum Gasteiger partial charge on any atom is -0.481 e. The summed E-state index contributed by atoms with van der Waals surface area (Å²) in [6.07, 6.45) is 3.09. The predicted molar refractivity (Wildman–Crippen MR) is 56.9 cm³/mol. The highest BCUT2D eigenvalue weighted by atomic mass is 16.5. The van der Waals surface area contributed by atoms with Gasteiger partial charge in [0.2, 0.25) is 5.88 Å². The van der Waals surface area contributed by atoms with E-state index >= 15 is 0 Å². The Balaban J connectivity index is 1.99. The van der Waals surface area contributed by atoms with Crippen molar-refractivity contribution in [3.05, 3.63) is 24.5 Å². The van der Waals surface area contributed by atoms with Crippen LogP contribution in [0, 0.1) is 0 Å². The third-order valence-electron chi connectivity index (χ3n) is 1.93. The lowest BCUT2D eigenvalue weighted by atomic mass is 10.5. The number of aromatic nitrogens is 5. The molecular weight excluding hydrogens is 208 g/mol. The fraction of sp³-hybridized carbons (Fsp3) is 0.333. The first kappa shape index (κ1) is 10.3.